The van der Waals surface area contributed by atoms with E-state index in [1.807, 2.05) is 0 Å². The molecule has 0 saturated heterocycles. The Kier molecular flexibility index (Phi) is 6.94. The Bertz CT molecular complexity index is 3730. The Balaban J connectivity index is 0.974. The molecule has 0 radical (unpaired) electrons. The number of furan rings is 2. The Morgan fingerprint density at radius 1 is 0.312 bits per heavy atom. The highest BCUT2D eigenvalue weighted by Crippen LogP contribution is 2.58. The summed E-state index contributed by atoms with van der Waals surface area (Å²) in [5.41, 5.74) is 14.9. The highest BCUT2D eigenvalue weighted by atomic mass is 16.3. The van der Waals surface area contributed by atoms with Crippen molar-refractivity contribution >= 4 is 110 Å². The molecule has 2 aliphatic rings. The number of hydrogen-bond acceptors (Lipinski definition) is 4. The van der Waals surface area contributed by atoms with Gasteiger partial charge < -0.3 is 18.6 Å². The lowest BCUT2D eigenvalue weighted by molar-refractivity contribution is 0.602. The molecule has 2 aromatic heterocycles. The number of hydrogen-bond donors (Lipinski definition) is 0. The van der Waals surface area contributed by atoms with Crippen molar-refractivity contribution in [3.05, 3.63) is 204 Å². The number of rotatable bonds is 2. The third kappa shape index (κ3) is 4.62. The third-order valence-electron chi connectivity index (χ3n) is 14.7. The molecule has 2 aliphatic heterocycles. The van der Waals surface area contributed by atoms with E-state index < -0.39 is 0 Å². The van der Waals surface area contributed by atoms with Crippen LogP contribution in [0.15, 0.2) is 191 Å². The van der Waals surface area contributed by atoms with E-state index in [2.05, 4.69) is 219 Å². The van der Waals surface area contributed by atoms with E-state index in [1.165, 1.54) is 55.2 Å². The molecule has 0 fully saturated rings. The van der Waals surface area contributed by atoms with Crippen molar-refractivity contribution in [1.29, 1.82) is 0 Å². The Morgan fingerprint density at radius 2 is 0.703 bits per heavy atom. The highest BCUT2D eigenvalue weighted by Gasteiger charge is 2.42. The second-order valence-electron chi connectivity index (χ2n) is 18.9. The average Bonchev–Trinajstić information content (AvgIpc) is 3.86. The summed E-state index contributed by atoms with van der Waals surface area (Å²) >= 11 is 0. The van der Waals surface area contributed by atoms with Crippen LogP contribution in [0.1, 0.15) is 49.9 Å². The molecule has 0 unspecified atom stereocenters. The molecule has 0 N–H and O–H groups in total. The predicted molar refractivity (Wildman–Crippen MR) is 267 cm³/mol. The van der Waals surface area contributed by atoms with Crippen LogP contribution in [-0.4, -0.2) is 0 Å². The van der Waals surface area contributed by atoms with Gasteiger partial charge >= 0.3 is 0 Å². The van der Waals surface area contributed by atoms with Crippen molar-refractivity contribution in [2.24, 2.45) is 0 Å². The lowest BCUT2D eigenvalue weighted by Crippen LogP contribution is -2.30. The lowest BCUT2D eigenvalue weighted by Gasteiger charge is -2.42. The van der Waals surface area contributed by atoms with Gasteiger partial charge in [0.1, 0.15) is 22.3 Å². The number of fused-ring (bicyclic) bond motifs is 15. The van der Waals surface area contributed by atoms with Gasteiger partial charge in [0.05, 0.1) is 34.1 Å². The van der Waals surface area contributed by atoms with Crippen LogP contribution in [-0.2, 0) is 10.8 Å². The number of para-hydroxylation sites is 2. The molecule has 304 valence electrons. The van der Waals surface area contributed by atoms with Crippen molar-refractivity contribution in [3.63, 3.8) is 0 Å². The number of benzene rings is 10. The van der Waals surface area contributed by atoms with E-state index in [0.29, 0.717) is 0 Å². The van der Waals surface area contributed by atoms with Crippen LogP contribution in [0.5, 0.6) is 0 Å². The van der Waals surface area contributed by atoms with Gasteiger partial charge in [0.2, 0.25) is 0 Å². The molecule has 14 rings (SSSR count). The molecule has 0 spiro atoms. The first-order valence-corrected chi connectivity index (χ1v) is 22.3. The van der Waals surface area contributed by atoms with E-state index in [1.54, 1.807) is 0 Å². The normalized spacial score (nSPS) is 15.1. The van der Waals surface area contributed by atoms with Crippen LogP contribution in [0.4, 0.5) is 34.1 Å². The molecule has 10 aromatic carbocycles. The largest absolute Gasteiger partial charge is 0.456 e. The summed E-state index contributed by atoms with van der Waals surface area (Å²) in [6.07, 6.45) is 0. The first kappa shape index (κ1) is 35.7. The topological polar surface area (TPSA) is 32.8 Å². The maximum atomic E-state index is 7.13. The second kappa shape index (κ2) is 12.4. The number of anilines is 6. The fraction of sp³-hybridized carbons (Fsp3) is 0.100. The number of nitrogens with zero attached hydrogens (tertiary/aromatic N) is 2. The van der Waals surface area contributed by atoms with E-state index in [-0.39, 0.29) is 10.8 Å². The van der Waals surface area contributed by atoms with Crippen molar-refractivity contribution < 1.29 is 8.83 Å². The van der Waals surface area contributed by atoms with Crippen molar-refractivity contribution in [2.75, 3.05) is 9.80 Å². The van der Waals surface area contributed by atoms with Crippen molar-refractivity contribution in [1.82, 2.24) is 0 Å². The zero-order valence-electron chi connectivity index (χ0n) is 36.0. The lowest BCUT2D eigenvalue weighted by atomic mass is 9.73. The van der Waals surface area contributed by atoms with Gasteiger partial charge in [0.15, 0.2) is 0 Å². The molecule has 12 aromatic rings. The summed E-state index contributed by atoms with van der Waals surface area (Å²) in [6.45, 7) is 9.36. The minimum Gasteiger partial charge on any atom is -0.456 e. The fourth-order valence-corrected chi connectivity index (χ4v) is 11.7. The second-order valence-corrected chi connectivity index (χ2v) is 18.9. The van der Waals surface area contributed by atoms with Gasteiger partial charge in [-0.3, -0.25) is 0 Å². The van der Waals surface area contributed by atoms with Crippen LogP contribution >= 0.6 is 0 Å². The quantitative estimate of drug-likeness (QED) is 0.174. The van der Waals surface area contributed by atoms with Gasteiger partial charge in [0.25, 0.3) is 0 Å². The zero-order chi connectivity index (χ0) is 42.6. The molecule has 0 atom stereocenters. The standard InChI is InChI=1S/C60H42N2O2/c1-59(2)45-21-9-11-23-49(45)61(47-25-13-17-35-15-5-7-19-39(35)47)51-29-27-41-43-31-37-34-54-44(32-38(37)33-53(43)63-57(41)55(51)59)42-28-30-52-56(58(42)64-54)60(3,4)46-22-10-12-24-50(46)62(52)48-26-14-18-36-16-6-8-20-40(36)48/h5-34H,1-4H3. The van der Waals surface area contributed by atoms with Crippen molar-refractivity contribution in [2.45, 2.75) is 38.5 Å². The summed E-state index contributed by atoms with van der Waals surface area (Å²) in [4.78, 5) is 4.89. The maximum Gasteiger partial charge on any atom is 0.141 e. The molecule has 0 amide bonds. The molecule has 4 heteroatoms. The first-order valence-electron chi connectivity index (χ1n) is 22.3. The predicted octanol–water partition coefficient (Wildman–Crippen LogP) is 17.2. The summed E-state index contributed by atoms with van der Waals surface area (Å²) in [5, 5.41) is 11.6. The van der Waals surface area contributed by atoms with Gasteiger partial charge in [0, 0.05) is 54.3 Å². The highest BCUT2D eigenvalue weighted by molar-refractivity contribution is 6.18. The summed E-state index contributed by atoms with van der Waals surface area (Å²) < 4.78 is 14.3. The molecule has 64 heavy (non-hydrogen) atoms. The van der Waals surface area contributed by atoms with Crippen molar-refractivity contribution in [3.8, 4) is 0 Å². The molecule has 4 heterocycles. The van der Waals surface area contributed by atoms with E-state index in [4.69, 9.17) is 8.83 Å². The minimum absolute atomic E-state index is 0.324. The monoisotopic (exact) mass is 822 g/mol. The van der Waals surface area contributed by atoms with Crippen LogP contribution in [0.3, 0.4) is 0 Å². The van der Waals surface area contributed by atoms with Gasteiger partial charge in [-0.05, 0) is 105 Å². The summed E-state index contributed by atoms with van der Waals surface area (Å²) in [7, 11) is 0. The first-order chi connectivity index (χ1) is 31.3. The Morgan fingerprint density at radius 3 is 1.17 bits per heavy atom. The summed E-state index contributed by atoms with van der Waals surface area (Å²) in [5.74, 6) is 0. The third-order valence-corrected chi connectivity index (χ3v) is 14.7. The molecular weight excluding hydrogens is 781 g/mol. The van der Waals surface area contributed by atoms with Gasteiger partial charge in [-0.15, -0.1) is 0 Å². The zero-order valence-corrected chi connectivity index (χ0v) is 36.0. The van der Waals surface area contributed by atoms with E-state index in [9.17, 15) is 0 Å². The summed E-state index contributed by atoms with van der Waals surface area (Å²) in [6, 6.07) is 66.5. The average molecular weight is 823 g/mol. The molecular formula is C60H42N2O2. The van der Waals surface area contributed by atoms with E-state index >= 15 is 0 Å². The van der Waals surface area contributed by atoms with Crippen LogP contribution in [0.2, 0.25) is 0 Å². The van der Waals surface area contributed by atoms with Crippen LogP contribution < -0.4 is 9.80 Å². The van der Waals surface area contributed by atoms with Crippen LogP contribution in [0.25, 0.3) is 76.2 Å². The Labute approximate surface area is 370 Å². The SMILES string of the molecule is CC1(C)c2ccccc2N(c2cccc3ccccc23)c2ccc3c(oc4cc5cc6c(cc5cc43)oc3c4c(ccc36)N(c3cccc5ccccc35)c3ccccc3C4(C)C)c21. The molecule has 4 nitrogen and oxygen atoms in total. The van der Waals surface area contributed by atoms with Crippen LogP contribution in [0, 0.1) is 0 Å². The van der Waals surface area contributed by atoms with Gasteiger partial charge in [-0.25, -0.2) is 0 Å². The smallest absolute Gasteiger partial charge is 0.141 e. The minimum atomic E-state index is -0.324. The maximum absolute atomic E-state index is 7.13. The van der Waals surface area contributed by atoms with E-state index in [0.717, 1.165) is 77.4 Å². The molecule has 0 saturated carbocycles. The van der Waals surface area contributed by atoms with Gasteiger partial charge in [-0.1, -0.05) is 137 Å². The van der Waals surface area contributed by atoms with Gasteiger partial charge in [-0.2, -0.15) is 0 Å². The Hall–Kier alpha value is -7.82. The molecule has 0 aliphatic carbocycles. The fourth-order valence-electron chi connectivity index (χ4n) is 11.7. The molecule has 0 bridgehead atoms.